The van der Waals surface area contributed by atoms with E-state index in [9.17, 15) is 22.8 Å². The number of nitrogens with one attached hydrogen (secondary N) is 1. The zero-order valence-corrected chi connectivity index (χ0v) is 12.4. The van der Waals surface area contributed by atoms with Gasteiger partial charge in [0.15, 0.2) is 0 Å². The largest absolute Gasteiger partial charge is 0.471 e. The van der Waals surface area contributed by atoms with E-state index in [1.165, 1.54) is 23.1 Å². The Bertz CT molecular complexity index is 802. The molecule has 3 rings (SSSR count). The van der Waals surface area contributed by atoms with Crippen LogP contribution in [-0.2, 0) is 11.2 Å². The first-order valence-electron chi connectivity index (χ1n) is 7.25. The molecule has 0 radical (unpaired) electrons. The van der Waals surface area contributed by atoms with Gasteiger partial charge >= 0.3 is 12.1 Å². The number of benzene rings is 2. The van der Waals surface area contributed by atoms with Crippen molar-refractivity contribution in [1.29, 1.82) is 0 Å². The molecule has 2 aromatic rings. The molecule has 1 aliphatic heterocycles. The van der Waals surface area contributed by atoms with Crippen LogP contribution in [-0.4, -0.2) is 24.5 Å². The molecule has 0 bridgehead atoms. The van der Waals surface area contributed by atoms with Crippen LogP contribution < -0.4 is 10.2 Å². The van der Waals surface area contributed by atoms with Gasteiger partial charge in [0.1, 0.15) is 0 Å². The van der Waals surface area contributed by atoms with Gasteiger partial charge in [-0.1, -0.05) is 30.3 Å². The van der Waals surface area contributed by atoms with Crippen LogP contribution >= 0.6 is 0 Å². The Morgan fingerprint density at radius 3 is 2.42 bits per heavy atom. The molecule has 124 valence electrons. The molecular formula is C17H13F3N2O2. The molecule has 0 aliphatic carbocycles. The van der Waals surface area contributed by atoms with E-state index >= 15 is 0 Å². The van der Waals surface area contributed by atoms with Gasteiger partial charge < -0.3 is 10.2 Å². The molecule has 4 nitrogen and oxygen atoms in total. The second kappa shape index (κ2) is 5.99. The Labute approximate surface area is 135 Å². The van der Waals surface area contributed by atoms with E-state index in [4.69, 9.17) is 0 Å². The van der Waals surface area contributed by atoms with Gasteiger partial charge in [0.2, 0.25) is 0 Å². The average molecular weight is 334 g/mol. The Morgan fingerprint density at radius 1 is 1.00 bits per heavy atom. The second-order valence-corrected chi connectivity index (χ2v) is 5.33. The van der Waals surface area contributed by atoms with Crippen molar-refractivity contribution >= 4 is 23.2 Å². The summed E-state index contributed by atoms with van der Waals surface area (Å²) in [6.45, 7) is 0.444. The fourth-order valence-corrected chi connectivity index (χ4v) is 2.67. The van der Waals surface area contributed by atoms with Crippen molar-refractivity contribution in [2.75, 3.05) is 16.8 Å². The number of nitrogens with zero attached hydrogens (tertiary/aromatic N) is 1. The zero-order chi connectivity index (χ0) is 17.3. The lowest BCUT2D eigenvalue weighted by Gasteiger charge is -2.19. The lowest BCUT2D eigenvalue weighted by Crippen LogP contribution is -2.33. The van der Waals surface area contributed by atoms with E-state index in [-0.39, 0.29) is 11.3 Å². The first kappa shape index (κ1) is 16.0. The first-order chi connectivity index (χ1) is 11.4. The van der Waals surface area contributed by atoms with E-state index in [0.717, 1.165) is 11.3 Å². The lowest BCUT2D eigenvalue weighted by atomic mass is 10.1. The van der Waals surface area contributed by atoms with Gasteiger partial charge in [0.05, 0.1) is 11.3 Å². The second-order valence-electron chi connectivity index (χ2n) is 5.33. The normalized spacial score (nSPS) is 13.5. The van der Waals surface area contributed by atoms with Crippen molar-refractivity contribution in [1.82, 2.24) is 0 Å². The third-order valence-electron chi connectivity index (χ3n) is 3.80. The highest BCUT2D eigenvalue weighted by atomic mass is 19.4. The molecule has 0 unspecified atom stereocenters. The van der Waals surface area contributed by atoms with Crippen LogP contribution in [0.15, 0.2) is 48.5 Å². The molecule has 1 heterocycles. The van der Waals surface area contributed by atoms with Gasteiger partial charge in [-0.3, -0.25) is 9.59 Å². The Morgan fingerprint density at radius 2 is 1.67 bits per heavy atom. The number of hydrogen-bond acceptors (Lipinski definition) is 2. The number of halogens is 3. The summed E-state index contributed by atoms with van der Waals surface area (Å²) >= 11 is 0. The summed E-state index contributed by atoms with van der Waals surface area (Å²) in [6.07, 6.45) is -4.34. The first-order valence-corrected chi connectivity index (χ1v) is 7.25. The minimum atomic E-state index is -5.02. The third-order valence-corrected chi connectivity index (χ3v) is 3.80. The van der Waals surface area contributed by atoms with Crippen molar-refractivity contribution in [2.45, 2.75) is 12.6 Å². The highest BCUT2D eigenvalue weighted by Gasteiger charge is 2.39. The van der Waals surface area contributed by atoms with E-state index < -0.39 is 18.0 Å². The van der Waals surface area contributed by atoms with Gasteiger partial charge in [0, 0.05) is 12.2 Å². The van der Waals surface area contributed by atoms with E-state index in [1.807, 2.05) is 12.1 Å². The van der Waals surface area contributed by atoms with Crippen molar-refractivity contribution in [3.05, 3.63) is 59.7 Å². The number of rotatable bonds is 2. The number of hydrogen-bond donors (Lipinski definition) is 1. The number of alkyl halides is 3. The zero-order valence-electron chi connectivity index (χ0n) is 12.4. The standard InChI is InChI=1S/C17H13F3N2O2/c18-17(19,20)16(24)21-13-7-3-2-6-12(13)15(23)22-10-9-11-5-1-4-8-14(11)22/h1-8H,9-10H2,(H,21,24). The molecule has 0 fully saturated rings. The minimum Gasteiger partial charge on any atom is -0.317 e. The molecule has 0 atom stereocenters. The number of carbonyl (C=O) groups is 2. The van der Waals surface area contributed by atoms with Crippen LogP contribution in [0.5, 0.6) is 0 Å². The minimum absolute atomic E-state index is 0.0202. The van der Waals surface area contributed by atoms with Crippen LogP contribution in [0.2, 0.25) is 0 Å². The maximum atomic E-state index is 12.8. The van der Waals surface area contributed by atoms with Crippen molar-refractivity contribution in [2.24, 2.45) is 0 Å². The van der Waals surface area contributed by atoms with E-state index in [0.29, 0.717) is 13.0 Å². The maximum absolute atomic E-state index is 12.8. The monoisotopic (exact) mass is 334 g/mol. The maximum Gasteiger partial charge on any atom is 0.471 e. The number of carbonyl (C=O) groups excluding carboxylic acids is 2. The molecular weight excluding hydrogens is 321 g/mol. The van der Waals surface area contributed by atoms with Gasteiger partial charge in [-0.05, 0) is 30.2 Å². The Kier molecular flexibility index (Phi) is 4.01. The van der Waals surface area contributed by atoms with Gasteiger partial charge in [0.25, 0.3) is 5.91 Å². The molecule has 2 aromatic carbocycles. The fraction of sp³-hybridized carbons (Fsp3) is 0.176. The molecule has 24 heavy (non-hydrogen) atoms. The summed E-state index contributed by atoms with van der Waals surface area (Å²) < 4.78 is 37.4. The van der Waals surface area contributed by atoms with Crippen molar-refractivity contribution in [3.63, 3.8) is 0 Å². The highest BCUT2D eigenvalue weighted by molar-refractivity contribution is 6.12. The molecule has 7 heteroatoms. The predicted octanol–water partition coefficient (Wildman–Crippen LogP) is 3.39. The average Bonchev–Trinajstić information content (AvgIpc) is 2.98. The molecule has 1 aliphatic rings. The lowest BCUT2D eigenvalue weighted by molar-refractivity contribution is -0.167. The Balaban J connectivity index is 1.91. The van der Waals surface area contributed by atoms with Gasteiger partial charge in [-0.15, -0.1) is 0 Å². The molecule has 1 N–H and O–H groups in total. The topological polar surface area (TPSA) is 49.4 Å². The number of amides is 2. The van der Waals surface area contributed by atoms with Crippen LogP contribution in [0.25, 0.3) is 0 Å². The van der Waals surface area contributed by atoms with E-state index in [1.54, 1.807) is 23.5 Å². The smallest absolute Gasteiger partial charge is 0.317 e. The fourth-order valence-electron chi connectivity index (χ4n) is 2.67. The molecule has 0 saturated heterocycles. The van der Waals surface area contributed by atoms with Gasteiger partial charge in [-0.25, -0.2) is 0 Å². The van der Waals surface area contributed by atoms with Crippen LogP contribution in [0.1, 0.15) is 15.9 Å². The Hall–Kier alpha value is -2.83. The van der Waals surface area contributed by atoms with Crippen molar-refractivity contribution < 1.29 is 22.8 Å². The van der Waals surface area contributed by atoms with E-state index in [2.05, 4.69) is 0 Å². The summed E-state index contributed by atoms with van der Waals surface area (Å²) in [5, 5.41) is 1.77. The molecule has 2 amide bonds. The quantitative estimate of drug-likeness (QED) is 0.915. The van der Waals surface area contributed by atoms with Crippen LogP contribution in [0.3, 0.4) is 0 Å². The predicted molar refractivity (Wildman–Crippen MR) is 82.9 cm³/mol. The highest BCUT2D eigenvalue weighted by Crippen LogP contribution is 2.30. The number of fused-ring (bicyclic) bond motifs is 1. The summed E-state index contributed by atoms with van der Waals surface area (Å²) in [5.41, 5.74) is 1.60. The van der Waals surface area contributed by atoms with Gasteiger partial charge in [-0.2, -0.15) is 13.2 Å². The summed E-state index contributed by atoms with van der Waals surface area (Å²) in [4.78, 5) is 25.4. The number of para-hydroxylation sites is 2. The molecule has 0 saturated carbocycles. The summed E-state index contributed by atoms with van der Waals surface area (Å²) in [5.74, 6) is -2.55. The summed E-state index contributed by atoms with van der Waals surface area (Å²) in [6, 6.07) is 13.0. The molecule has 0 spiro atoms. The summed E-state index contributed by atoms with van der Waals surface area (Å²) in [7, 11) is 0. The number of anilines is 2. The SMILES string of the molecule is O=C(c1ccccc1NC(=O)C(F)(F)F)N1CCc2ccccc21. The van der Waals surface area contributed by atoms with Crippen LogP contribution in [0, 0.1) is 0 Å². The van der Waals surface area contributed by atoms with Crippen molar-refractivity contribution in [3.8, 4) is 0 Å². The third kappa shape index (κ3) is 2.97. The molecule has 0 aromatic heterocycles. The van der Waals surface area contributed by atoms with Crippen LogP contribution in [0.4, 0.5) is 24.5 Å².